The van der Waals surface area contributed by atoms with Crippen LogP contribution < -0.4 is 5.73 Å². The number of nitrogens with zero attached hydrogens (tertiary/aromatic N) is 2. The smallest absolute Gasteiger partial charge is 0.148 e. The van der Waals surface area contributed by atoms with Crippen LogP contribution in [0.5, 0.6) is 0 Å². The van der Waals surface area contributed by atoms with Gasteiger partial charge in [-0.3, -0.25) is 0 Å². The minimum Gasteiger partial charge on any atom is -0.324 e. The van der Waals surface area contributed by atoms with Crippen molar-refractivity contribution in [3.05, 3.63) is 47.5 Å². The average molecular weight is 259 g/mol. The molecule has 0 aliphatic heterocycles. The van der Waals surface area contributed by atoms with Gasteiger partial charge < -0.3 is 5.73 Å². The van der Waals surface area contributed by atoms with Crippen LogP contribution in [-0.2, 0) is 6.42 Å². The highest BCUT2D eigenvalue weighted by atomic mass is 19.1. The Morgan fingerprint density at radius 2 is 2.11 bits per heavy atom. The third-order valence-electron chi connectivity index (χ3n) is 3.80. The fourth-order valence-electron chi connectivity index (χ4n) is 2.93. The lowest BCUT2D eigenvalue weighted by Crippen LogP contribution is -2.30. The summed E-state index contributed by atoms with van der Waals surface area (Å²) in [6, 6.07) is 6.69. The monoisotopic (exact) mass is 259 g/mol. The molecule has 0 fully saturated rings. The Kier molecular flexibility index (Phi) is 2.71. The molecule has 0 saturated carbocycles. The second kappa shape index (κ2) is 4.17. The zero-order valence-electron chi connectivity index (χ0n) is 11.2. The van der Waals surface area contributed by atoms with Crippen LogP contribution in [0.15, 0.2) is 30.5 Å². The molecule has 0 radical (unpaired) electrons. The Morgan fingerprint density at radius 3 is 2.84 bits per heavy atom. The molecule has 1 atom stereocenters. The van der Waals surface area contributed by atoms with Crippen LogP contribution in [-0.4, -0.2) is 9.78 Å². The van der Waals surface area contributed by atoms with Crippen LogP contribution >= 0.6 is 0 Å². The number of rotatable bonds is 1. The molecule has 1 unspecified atom stereocenters. The Morgan fingerprint density at radius 1 is 1.37 bits per heavy atom. The van der Waals surface area contributed by atoms with E-state index in [9.17, 15) is 4.39 Å². The maximum atomic E-state index is 13.9. The average Bonchev–Trinajstić information content (AvgIpc) is 2.72. The van der Waals surface area contributed by atoms with Crippen LogP contribution in [0.2, 0.25) is 0 Å². The molecule has 0 spiro atoms. The van der Waals surface area contributed by atoms with Gasteiger partial charge in [0.2, 0.25) is 0 Å². The summed E-state index contributed by atoms with van der Waals surface area (Å²) in [5, 5.41) is 4.34. The van der Waals surface area contributed by atoms with Crippen molar-refractivity contribution >= 4 is 0 Å². The molecule has 1 aliphatic rings. The van der Waals surface area contributed by atoms with Crippen molar-refractivity contribution in [1.29, 1.82) is 0 Å². The minimum atomic E-state index is -0.259. The number of hydrogen-bond donors (Lipinski definition) is 1. The largest absolute Gasteiger partial charge is 0.324 e. The van der Waals surface area contributed by atoms with E-state index in [4.69, 9.17) is 5.73 Å². The Balaban J connectivity index is 2.14. The Hall–Kier alpha value is -1.68. The quantitative estimate of drug-likeness (QED) is 0.855. The second-order valence-corrected chi connectivity index (χ2v) is 6.06. The molecule has 1 aliphatic carbocycles. The summed E-state index contributed by atoms with van der Waals surface area (Å²) in [4.78, 5) is 0. The molecular weight excluding hydrogens is 241 g/mol. The summed E-state index contributed by atoms with van der Waals surface area (Å²) in [6.07, 6.45) is 3.58. The number of aromatic nitrogens is 2. The summed E-state index contributed by atoms with van der Waals surface area (Å²) in [7, 11) is 0. The predicted octanol–water partition coefficient (Wildman–Crippen LogP) is 2.98. The first-order valence-electron chi connectivity index (χ1n) is 6.55. The lowest BCUT2D eigenvalue weighted by atomic mass is 9.74. The van der Waals surface area contributed by atoms with Gasteiger partial charge in [-0.1, -0.05) is 26.0 Å². The minimum absolute atomic E-state index is 0.0146. The van der Waals surface area contributed by atoms with Gasteiger partial charge >= 0.3 is 0 Å². The topological polar surface area (TPSA) is 43.8 Å². The molecule has 1 heterocycles. The number of para-hydroxylation sites is 1. The number of nitrogens with two attached hydrogens (primary N) is 1. The lowest BCUT2D eigenvalue weighted by molar-refractivity contribution is 0.277. The molecule has 0 amide bonds. The first-order chi connectivity index (χ1) is 8.98. The number of halogens is 1. The summed E-state index contributed by atoms with van der Waals surface area (Å²) < 4.78 is 15.6. The van der Waals surface area contributed by atoms with Crippen LogP contribution in [0.25, 0.3) is 5.69 Å². The van der Waals surface area contributed by atoms with Crippen LogP contribution in [0.4, 0.5) is 4.39 Å². The third-order valence-corrected chi connectivity index (χ3v) is 3.80. The van der Waals surface area contributed by atoms with Gasteiger partial charge in [0, 0.05) is 17.3 Å². The summed E-state index contributed by atoms with van der Waals surface area (Å²) in [5.41, 5.74) is 8.90. The van der Waals surface area contributed by atoms with Crippen molar-refractivity contribution in [2.45, 2.75) is 32.7 Å². The zero-order chi connectivity index (χ0) is 13.6. The van der Waals surface area contributed by atoms with Crippen molar-refractivity contribution in [2.24, 2.45) is 11.1 Å². The summed E-state index contributed by atoms with van der Waals surface area (Å²) in [6.45, 7) is 4.38. The van der Waals surface area contributed by atoms with Crippen molar-refractivity contribution in [1.82, 2.24) is 9.78 Å². The fraction of sp³-hybridized carbons (Fsp3) is 0.400. The van der Waals surface area contributed by atoms with Crippen molar-refractivity contribution in [2.75, 3.05) is 0 Å². The van der Waals surface area contributed by atoms with Gasteiger partial charge in [0.25, 0.3) is 0 Å². The summed E-state index contributed by atoms with van der Waals surface area (Å²) >= 11 is 0. The van der Waals surface area contributed by atoms with E-state index < -0.39 is 0 Å². The highest BCUT2D eigenvalue weighted by Crippen LogP contribution is 2.40. The fourth-order valence-corrected chi connectivity index (χ4v) is 2.93. The van der Waals surface area contributed by atoms with Crippen molar-refractivity contribution in [3.63, 3.8) is 0 Å². The zero-order valence-corrected chi connectivity index (χ0v) is 11.2. The molecule has 19 heavy (non-hydrogen) atoms. The first kappa shape index (κ1) is 12.4. The molecule has 1 aromatic carbocycles. The number of fused-ring (bicyclic) bond motifs is 1. The van der Waals surface area contributed by atoms with Gasteiger partial charge in [0.1, 0.15) is 11.5 Å². The lowest BCUT2D eigenvalue weighted by Gasteiger charge is -2.33. The Labute approximate surface area is 112 Å². The van der Waals surface area contributed by atoms with Gasteiger partial charge in [-0.25, -0.2) is 9.07 Å². The molecular formula is C15H18FN3. The van der Waals surface area contributed by atoms with E-state index in [1.807, 2.05) is 6.07 Å². The second-order valence-electron chi connectivity index (χ2n) is 6.06. The van der Waals surface area contributed by atoms with Gasteiger partial charge in [-0.15, -0.1) is 0 Å². The van der Waals surface area contributed by atoms with E-state index in [-0.39, 0.29) is 17.3 Å². The SMILES string of the molecule is CC1(C)Cc2c(cnn2-c2ccccc2F)C(N)C1. The Bertz CT molecular complexity index is 616. The van der Waals surface area contributed by atoms with E-state index in [0.717, 1.165) is 24.1 Å². The standard InChI is InChI=1S/C15H18FN3/c1-15(2)7-12(17)10-9-18-19(14(10)8-15)13-6-4-3-5-11(13)16/h3-6,9,12H,7-8,17H2,1-2H3. The normalized spacial score (nSPS) is 21.2. The highest BCUT2D eigenvalue weighted by molar-refractivity contribution is 5.38. The number of hydrogen-bond acceptors (Lipinski definition) is 2. The predicted molar refractivity (Wildman–Crippen MR) is 72.6 cm³/mol. The van der Waals surface area contributed by atoms with Gasteiger partial charge in [0.15, 0.2) is 0 Å². The van der Waals surface area contributed by atoms with Crippen LogP contribution in [0, 0.1) is 11.2 Å². The molecule has 2 aromatic rings. The molecule has 0 saturated heterocycles. The van der Waals surface area contributed by atoms with E-state index >= 15 is 0 Å². The van der Waals surface area contributed by atoms with E-state index in [2.05, 4.69) is 18.9 Å². The third kappa shape index (κ3) is 2.06. The van der Waals surface area contributed by atoms with E-state index in [1.165, 1.54) is 6.07 Å². The summed E-state index contributed by atoms with van der Waals surface area (Å²) in [5.74, 6) is -0.259. The molecule has 1 aromatic heterocycles. The van der Waals surface area contributed by atoms with Crippen LogP contribution in [0.3, 0.4) is 0 Å². The molecule has 3 nitrogen and oxygen atoms in total. The van der Waals surface area contributed by atoms with Gasteiger partial charge in [-0.2, -0.15) is 5.10 Å². The maximum Gasteiger partial charge on any atom is 0.148 e. The number of benzene rings is 1. The van der Waals surface area contributed by atoms with Crippen molar-refractivity contribution < 1.29 is 4.39 Å². The van der Waals surface area contributed by atoms with E-state index in [0.29, 0.717) is 5.69 Å². The van der Waals surface area contributed by atoms with Gasteiger partial charge in [-0.05, 0) is 30.4 Å². The molecule has 0 bridgehead atoms. The van der Waals surface area contributed by atoms with Crippen LogP contribution in [0.1, 0.15) is 37.6 Å². The van der Waals surface area contributed by atoms with Crippen molar-refractivity contribution in [3.8, 4) is 5.69 Å². The first-order valence-corrected chi connectivity index (χ1v) is 6.55. The highest BCUT2D eigenvalue weighted by Gasteiger charge is 2.33. The maximum absolute atomic E-state index is 13.9. The molecule has 3 rings (SSSR count). The van der Waals surface area contributed by atoms with E-state index in [1.54, 1.807) is 23.0 Å². The molecule has 100 valence electrons. The van der Waals surface area contributed by atoms with Gasteiger partial charge in [0.05, 0.1) is 6.20 Å². The molecule has 2 N–H and O–H groups in total. The molecule has 4 heteroatoms.